The van der Waals surface area contributed by atoms with E-state index in [9.17, 15) is 0 Å². The summed E-state index contributed by atoms with van der Waals surface area (Å²) < 4.78 is 42.6. The van der Waals surface area contributed by atoms with Crippen LogP contribution in [0.4, 0.5) is 0 Å². The number of benzene rings is 1. The first-order valence-electron chi connectivity index (χ1n) is 4.79. The molecule has 7 nitrogen and oxygen atoms in total. The minimum atomic E-state index is -0.232. The Bertz CT molecular complexity index is 546. The van der Waals surface area contributed by atoms with Gasteiger partial charge in [0.1, 0.15) is 0 Å². The maximum atomic E-state index is 7.50. The number of ether oxygens (including phenoxy) is 1. The van der Waals surface area contributed by atoms with E-state index in [1.807, 2.05) is 0 Å². The van der Waals surface area contributed by atoms with Crippen molar-refractivity contribution in [3.8, 4) is 0 Å². The maximum Gasteiger partial charge on any atom is 0 e. The second kappa shape index (κ2) is 26.6. The zero-order valence-electron chi connectivity index (χ0n) is 11.9. The van der Waals surface area contributed by atoms with Crippen LogP contribution in [0.25, 0.3) is 0 Å². The van der Waals surface area contributed by atoms with E-state index in [0.717, 1.165) is 11.1 Å². The first-order chi connectivity index (χ1) is 11.2. The molecule has 124 valence electrons. The van der Waals surface area contributed by atoms with Crippen molar-refractivity contribution in [2.24, 2.45) is 4.99 Å². The van der Waals surface area contributed by atoms with Gasteiger partial charge >= 0.3 is 56.5 Å². The van der Waals surface area contributed by atoms with Crippen molar-refractivity contribution in [1.29, 1.82) is 0 Å². The molecule has 1 aromatic carbocycles. The molecule has 0 aliphatic carbocycles. The Morgan fingerprint density at radius 1 is 0.875 bits per heavy atom. The zero-order valence-corrected chi connectivity index (χ0v) is 14.7. The van der Waals surface area contributed by atoms with E-state index in [1.165, 1.54) is 0 Å². The summed E-state index contributed by atoms with van der Waals surface area (Å²) in [5.41, 5.74) is 1.94. The van der Waals surface area contributed by atoms with Gasteiger partial charge in [0.2, 0.25) is 0 Å². The third-order valence-corrected chi connectivity index (χ3v) is 2.69. The summed E-state index contributed by atoms with van der Waals surface area (Å²) >= 11 is 11.7. The summed E-state index contributed by atoms with van der Waals surface area (Å²) in [5, 5.41) is 1.08. The summed E-state index contributed by atoms with van der Waals surface area (Å²) in [6.07, 6.45) is 1.51. The Kier molecular flexibility index (Phi) is 37.7. The Morgan fingerprint density at radius 2 is 1.25 bits per heavy atom. The molecule has 1 atom stereocenters. The quantitative estimate of drug-likeness (QED) is 0.515. The van der Waals surface area contributed by atoms with Crippen LogP contribution in [0, 0.1) is 33.3 Å². The molecule has 0 N–H and O–H groups in total. The zero-order chi connectivity index (χ0) is 19.4. The number of rotatable bonds is 1. The van der Waals surface area contributed by atoms with Crippen molar-refractivity contribution in [2.75, 3.05) is 7.11 Å². The molecule has 2 rings (SSSR count). The fraction of sp³-hybridized carbons (Fsp3) is 0.143. The second-order valence-electron chi connectivity index (χ2n) is 2.76. The number of fused-ring (bicyclic) bond motifs is 1. The van der Waals surface area contributed by atoms with Gasteiger partial charge in [-0.1, -0.05) is 23.2 Å². The molecule has 10 heteroatoms. The first kappa shape index (κ1) is 34.1. The van der Waals surface area contributed by atoms with Crippen molar-refractivity contribution < 1.29 is 45.4 Å². The molecule has 0 bridgehead atoms. The first-order valence-corrected chi connectivity index (χ1v) is 5.55. The van der Waals surface area contributed by atoms with Crippen LogP contribution in [-0.2, 0) is 45.4 Å². The molecule has 1 aromatic rings. The average molecular weight is 408 g/mol. The normalized spacial score (nSPS) is 10.8. The standard InChI is InChI=1S/C9H7Cl2NO.5CO.Cr/c1-13-9-6-3-8(11)7(10)2-5(6)4-12-9;5*1-2;/h2-4,9H,1H3;;;;;;. The van der Waals surface area contributed by atoms with Crippen LogP contribution in [0.5, 0.6) is 0 Å². The summed E-state index contributed by atoms with van der Waals surface area (Å²) in [5.74, 6) is 0. The molecule has 1 unspecified atom stereocenters. The Labute approximate surface area is 159 Å². The number of methoxy groups -OCH3 is 1. The third kappa shape index (κ3) is 12.1. The van der Waals surface area contributed by atoms with Crippen molar-refractivity contribution in [2.45, 2.75) is 6.23 Å². The summed E-state index contributed by atoms with van der Waals surface area (Å²) in [7, 11) is 1.61. The van der Waals surface area contributed by atoms with Crippen LogP contribution in [0.15, 0.2) is 17.1 Å². The number of hydrogen-bond acceptors (Lipinski definition) is 2. The molecular formula is C14H7Cl2CrNO6. The van der Waals surface area contributed by atoms with Crippen LogP contribution in [-0.4, -0.2) is 13.3 Å². The van der Waals surface area contributed by atoms with Gasteiger partial charge in [-0.3, -0.25) is 4.99 Å². The molecule has 0 fully saturated rings. The molecule has 1 aliphatic rings. The molecule has 0 saturated heterocycles. The monoisotopic (exact) mass is 407 g/mol. The summed E-state index contributed by atoms with van der Waals surface area (Å²) in [6.45, 7) is 22.5. The van der Waals surface area contributed by atoms with Crippen LogP contribution in [0.3, 0.4) is 0 Å². The van der Waals surface area contributed by atoms with Crippen LogP contribution in [0.1, 0.15) is 17.4 Å². The van der Waals surface area contributed by atoms with Gasteiger partial charge in [-0.25, -0.2) is 0 Å². The number of hydrogen-bond donors (Lipinski definition) is 0. The van der Waals surface area contributed by atoms with Crippen molar-refractivity contribution >= 4 is 29.4 Å². The fourth-order valence-electron chi connectivity index (χ4n) is 1.32. The van der Waals surface area contributed by atoms with Gasteiger partial charge in [-0.05, 0) is 12.1 Å². The van der Waals surface area contributed by atoms with Crippen LogP contribution in [0.2, 0.25) is 10.0 Å². The fourth-order valence-corrected chi connectivity index (χ4v) is 1.66. The summed E-state index contributed by atoms with van der Waals surface area (Å²) in [6, 6.07) is 3.59. The van der Waals surface area contributed by atoms with Crippen molar-refractivity contribution in [1.82, 2.24) is 0 Å². The van der Waals surface area contributed by atoms with Gasteiger partial charge in [0.15, 0.2) is 6.23 Å². The number of aliphatic imine (C=N–C) groups is 1. The minimum Gasteiger partial charge on any atom is 0 e. The van der Waals surface area contributed by atoms with Gasteiger partial charge in [0, 0.05) is 41.8 Å². The van der Waals surface area contributed by atoms with E-state index in [-0.39, 0.29) is 23.6 Å². The molecule has 24 heavy (non-hydrogen) atoms. The predicted octanol–water partition coefficient (Wildman–Crippen LogP) is 2.88. The Hall–Kier alpha value is -1.34. The topological polar surface area (TPSA) is 121 Å². The van der Waals surface area contributed by atoms with Gasteiger partial charge in [-0.2, -0.15) is 0 Å². The van der Waals surface area contributed by atoms with E-state index < -0.39 is 0 Å². The number of halogens is 2. The van der Waals surface area contributed by atoms with E-state index in [2.05, 4.69) is 38.2 Å². The van der Waals surface area contributed by atoms with Gasteiger partial charge in [0.05, 0.1) is 10.0 Å². The van der Waals surface area contributed by atoms with Gasteiger partial charge in [-0.15, -0.1) is 0 Å². The Balaban J connectivity index is -0.0000000950. The Morgan fingerprint density at radius 3 is 1.62 bits per heavy atom. The third-order valence-electron chi connectivity index (χ3n) is 1.96. The molecular weight excluding hydrogens is 401 g/mol. The minimum absolute atomic E-state index is 0. The molecule has 0 radical (unpaired) electrons. The van der Waals surface area contributed by atoms with Crippen LogP contribution >= 0.6 is 23.2 Å². The molecule has 1 heterocycles. The molecule has 0 spiro atoms. The van der Waals surface area contributed by atoms with E-state index >= 15 is 0 Å². The molecule has 0 aromatic heterocycles. The summed E-state index contributed by atoms with van der Waals surface area (Å²) in [4.78, 5) is 4.14. The van der Waals surface area contributed by atoms with E-state index in [4.69, 9.17) is 51.2 Å². The van der Waals surface area contributed by atoms with E-state index in [1.54, 1.807) is 25.5 Å². The predicted molar refractivity (Wildman–Crippen MR) is 73.5 cm³/mol. The molecule has 0 saturated carbocycles. The smallest absolute Gasteiger partial charge is 0 e. The largest absolute Gasteiger partial charge is 0 e. The average Bonchev–Trinajstić information content (AvgIpc) is 3.05. The van der Waals surface area contributed by atoms with Crippen molar-refractivity contribution in [3.63, 3.8) is 0 Å². The van der Waals surface area contributed by atoms with Crippen LogP contribution < -0.4 is 0 Å². The van der Waals surface area contributed by atoms with Crippen molar-refractivity contribution in [3.05, 3.63) is 66.6 Å². The van der Waals surface area contributed by atoms with Gasteiger partial charge < -0.3 is 4.74 Å². The maximum absolute atomic E-state index is 7.50. The van der Waals surface area contributed by atoms with Gasteiger partial charge in [0.25, 0.3) is 0 Å². The molecule has 1 aliphatic heterocycles. The second-order valence-corrected chi connectivity index (χ2v) is 3.58. The van der Waals surface area contributed by atoms with E-state index in [0.29, 0.717) is 10.0 Å². The SMILES string of the molecule is COC1N=Cc2cc(Cl)c(Cl)cc21.[C-]#[O+].[C-]#[O+].[C-]#[O+].[C-]#[O+].[C-]#[O+].[Cr]. The number of nitrogens with zero attached hydrogens (tertiary/aromatic N) is 1. The molecule has 0 amide bonds.